The lowest BCUT2D eigenvalue weighted by atomic mass is 9.93. The Kier molecular flexibility index (Phi) is 6.22. The van der Waals surface area contributed by atoms with Gasteiger partial charge in [-0.1, -0.05) is 42.5 Å². The molecule has 0 saturated heterocycles. The molecule has 4 aromatic carbocycles. The first-order valence-electron chi connectivity index (χ1n) is 10.1. The van der Waals surface area contributed by atoms with Gasteiger partial charge in [0.05, 0.1) is 30.8 Å². The van der Waals surface area contributed by atoms with E-state index in [1.165, 1.54) is 20.3 Å². The summed E-state index contributed by atoms with van der Waals surface area (Å²) in [4.78, 5) is 23.5. The topological polar surface area (TPSA) is 87.9 Å². The van der Waals surface area contributed by atoms with Gasteiger partial charge < -0.3 is 14.2 Å². The molecule has 0 unspecified atom stereocenters. The van der Waals surface area contributed by atoms with Gasteiger partial charge in [-0.3, -0.25) is 14.9 Å². The van der Waals surface area contributed by atoms with Gasteiger partial charge in [0, 0.05) is 5.56 Å². The van der Waals surface area contributed by atoms with Crippen LogP contribution < -0.4 is 14.2 Å². The minimum Gasteiger partial charge on any atom is -0.493 e. The number of nitro benzene ring substituents is 1. The molecule has 4 rings (SSSR count). The van der Waals surface area contributed by atoms with E-state index in [1.807, 2.05) is 30.3 Å². The number of nitrogens with zero attached hydrogens (tertiary/aromatic N) is 1. The zero-order chi connectivity index (χ0) is 23.4. The van der Waals surface area contributed by atoms with Crippen LogP contribution in [0.3, 0.4) is 0 Å². The molecule has 0 N–H and O–H groups in total. The van der Waals surface area contributed by atoms with Gasteiger partial charge in [0.2, 0.25) is 0 Å². The zero-order valence-electron chi connectivity index (χ0n) is 18.1. The van der Waals surface area contributed by atoms with Crippen molar-refractivity contribution in [1.29, 1.82) is 0 Å². The Hall–Kier alpha value is -4.39. The van der Waals surface area contributed by atoms with Crippen molar-refractivity contribution >= 4 is 22.7 Å². The van der Waals surface area contributed by atoms with Crippen molar-refractivity contribution < 1.29 is 23.9 Å². The molecule has 0 heterocycles. The standard InChI is InChI=1S/C26H21NO6/c1-31-25-12-18-8-10-20(23(15-28)22(18)14-26(25)32-2)21-11-9-19(13-24(21)27(29)30)33-16-17-6-4-3-5-7-17/h3-15H,16H2,1-2H3. The van der Waals surface area contributed by atoms with E-state index < -0.39 is 4.92 Å². The molecule has 0 aliphatic heterocycles. The van der Waals surface area contributed by atoms with Crippen LogP contribution in [0.15, 0.2) is 72.8 Å². The van der Waals surface area contributed by atoms with Crippen molar-refractivity contribution in [3.05, 3.63) is 94.0 Å². The first-order valence-corrected chi connectivity index (χ1v) is 10.1. The van der Waals surface area contributed by atoms with E-state index >= 15 is 0 Å². The Morgan fingerprint density at radius 1 is 0.879 bits per heavy atom. The Morgan fingerprint density at radius 2 is 1.58 bits per heavy atom. The maximum absolute atomic E-state index is 12.1. The molecule has 0 aromatic heterocycles. The van der Waals surface area contributed by atoms with E-state index in [1.54, 1.807) is 36.4 Å². The molecular formula is C26H21NO6. The molecule has 0 radical (unpaired) electrons. The maximum atomic E-state index is 12.1. The van der Waals surface area contributed by atoms with Crippen molar-refractivity contribution in [2.45, 2.75) is 6.61 Å². The molecule has 0 bridgehead atoms. The number of ether oxygens (including phenoxy) is 3. The van der Waals surface area contributed by atoms with Gasteiger partial charge in [-0.15, -0.1) is 0 Å². The number of hydrogen-bond acceptors (Lipinski definition) is 6. The number of fused-ring (bicyclic) bond motifs is 1. The zero-order valence-corrected chi connectivity index (χ0v) is 18.1. The third-order valence-corrected chi connectivity index (χ3v) is 5.39. The Labute approximate surface area is 190 Å². The third-order valence-electron chi connectivity index (χ3n) is 5.39. The summed E-state index contributed by atoms with van der Waals surface area (Å²) in [6.07, 6.45) is 0.702. The second-order valence-corrected chi connectivity index (χ2v) is 7.28. The van der Waals surface area contributed by atoms with Gasteiger partial charge in [-0.25, -0.2) is 0 Å². The monoisotopic (exact) mass is 443 g/mol. The first kappa shape index (κ1) is 21.8. The van der Waals surface area contributed by atoms with Crippen LogP contribution in [0, 0.1) is 10.1 Å². The number of aldehydes is 1. The number of nitro groups is 1. The van der Waals surface area contributed by atoms with E-state index in [0.29, 0.717) is 45.6 Å². The number of carbonyl (C=O) groups excluding carboxylic acids is 1. The average molecular weight is 443 g/mol. The van der Waals surface area contributed by atoms with Crippen molar-refractivity contribution in [1.82, 2.24) is 0 Å². The van der Waals surface area contributed by atoms with Crippen LogP contribution in [0.2, 0.25) is 0 Å². The molecule has 0 spiro atoms. The van der Waals surface area contributed by atoms with Crippen molar-refractivity contribution in [2.24, 2.45) is 0 Å². The summed E-state index contributed by atoms with van der Waals surface area (Å²) in [5.41, 5.74) is 1.90. The number of hydrogen-bond donors (Lipinski definition) is 0. The van der Waals surface area contributed by atoms with Gasteiger partial charge >= 0.3 is 0 Å². The summed E-state index contributed by atoms with van der Waals surface area (Å²) in [6, 6.07) is 21.1. The van der Waals surface area contributed by atoms with Crippen LogP contribution in [0.4, 0.5) is 5.69 Å². The molecule has 0 aliphatic carbocycles. The van der Waals surface area contributed by atoms with Gasteiger partial charge in [0.15, 0.2) is 17.8 Å². The van der Waals surface area contributed by atoms with Crippen molar-refractivity contribution in [3.8, 4) is 28.4 Å². The minimum atomic E-state index is -0.474. The molecule has 7 heteroatoms. The van der Waals surface area contributed by atoms with Gasteiger partial charge in [0.1, 0.15) is 12.4 Å². The molecule has 33 heavy (non-hydrogen) atoms. The highest BCUT2D eigenvalue weighted by Gasteiger charge is 2.21. The fourth-order valence-corrected chi connectivity index (χ4v) is 3.76. The van der Waals surface area contributed by atoms with Crippen molar-refractivity contribution in [2.75, 3.05) is 14.2 Å². The van der Waals surface area contributed by atoms with Gasteiger partial charge in [-0.2, -0.15) is 0 Å². The average Bonchev–Trinajstić information content (AvgIpc) is 2.86. The Bertz CT molecular complexity index is 1330. The van der Waals surface area contributed by atoms with Crippen LogP contribution in [0.25, 0.3) is 21.9 Å². The number of methoxy groups -OCH3 is 2. The summed E-state index contributed by atoms with van der Waals surface area (Å²) in [5.74, 6) is 1.36. The summed E-state index contributed by atoms with van der Waals surface area (Å²) < 4.78 is 16.5. The van der Waals surface area contributed by atoms with E-state index in [2.05, 4.69) is 0 Å². The lowest BCUT2D eigenvalue weighted by Crippen LogP contribution is -1.99. The van der Waals surface area contributed by atoms with Crippen LogP contribution in [-0.2, 0) is 6.61 Å². The SMILES string of the molecule is COc1cc2ccc(-c3ccc(OCc4ccccc4)cc3[N+](=O)[O-])c(C=O)c2cc1OC. The van der Waals surface area contributed by atoms with E-state index in [9.17, 15) is 14.9 Å². The van der Waals surface area contributed by atoms with Crippen LogP contribution in [-0.4, -0.2) is 25.4 Å². The summed E-state index contributed by atoms with van der Waals surface area (Å²) >= 11 is 0. The highest BCUT2D eigenvalue weighted by molar-refractivity contribution is 6.06. The highest BCUT2D eigenvalue weighted by atomic mass is 16.6. The summed E-state index contributed by atoms with van der Waals surface area (Å²) in [7, 11) is 3.04. The first-order chi connectivity index (χ1) is 16.0. The fourth-order valence-electron chi connectivity index (χ4n) is 3.76. The van der Waals surface area contributed by atoms with Crippen molar-refractivity contribution in [3.63, 3.8) is 0 Å². The molecule has 0 saturated carbocycles. The maximum Gasteiger partial charge on any atom is 0.280 e. The van der Waals surface area contributed by atoms with Crippen LogP contribution >= 0.6 is 0 Å². The summed E-state index contributed by atoms with van der Waals surface area (Å²) in [5, 5.41) is 13.3. The third kappa shape index (κ3) is 4.34. The molecule has 166 valence electrons. The van der Waals surface area contributed by atoms with E-state index in [-0.39, 0.29) is 12.3 Å². The van der Waals surface area contributed by atoms with Gasteiger partial charge in [0.25, 0.3) is 5.69 Å². The lowest BCUT2D eigenvalue weighted by molar-refractivity contribution is -0.384. The number of rotatable bonds is 8. The van der Waals surface area contributed by atoms with Crippen LogP contribution in [0.5, 0.6) is 17.2 Å². The largest absolute Gasteiger partial charge is 0.493 e. The second-order valence-electron chi connectivity index (χ2n) is 7.28. The summed E-state index contributed by atoms with van der Waals surface area (Å²) in [6.45, 7) is 0.286. The Balaban J connectivity index is 1.79. The molecule has 0 fully saturated rings. The molecule has 0 aliphatic rings. The second kappa shape index (κ2) is 9.40. The van der Waals surface area contributed by atoms with E-state index in [4.69, 9.17) is 14.2 Å². The highest BCUT2D eigenvalue weighted by Crippen LogP contribution is 2.40. The molecule has 0 atom stereocenters. The predicted octanol–water partition coefficient (Wildman–Crippen LogP) is 5.82. The fraction of sp³-hybridized carbons (Fsp3) is 0.115. The van der Waals surface area contributed by atoms with E-state index in [0.717, 1.165) is 10.9 Å². The number of carbonyl (C=O) groups is 1. The normalized spacial score (nSPS) is 10.6. The quantitative estimate of drug-likeness (QED) is 0.194. The molecule has 0 amide bonds. The molecule has 7 nitrogen and oxygen atoms in total. The Morgan fingerprint density at radius 3 is 2.24 bits per heavy atom. The lowest BCUT2D eigenvalue weighted by Gasteiger charge is -2.14. The smallest absolute Gasteiger partial charge is 0.280 e. The van der Waals surface area contributed by atoms with Gasteiger partial charge in [-0.05, 0) is 46.2 Å². The number of benzene rings is 4. The predicted molar refractivity (Wildman–Crippen MR) is 125 cm³/mol. The minimum absolute atomic E-state index is 0.150. The molecular weight excluding hydrogens is 422 g/mol. The van der Waals surface area contributed by atoms with Crippen LogP contribution in [0.1, 0.15) is 15.9 Å². The molecule has 4 aromatic rings.